The number of nitrogens with one attached hydrogen (secondary N) is 1. The molecule has 6 rings (SSSR count). The number of hydrogen-bond donors (Lipinski definition) is 2. The number of hydrogen-bond acceptors (Lipinski definition) is 9. The summed E-state index contributed by atoms with van der Waals surface area (Å²) in [5.74, 6) is 0.469. The molecule has 0 spiro atoms. The summed E-state index contributed by atoms with van der Waals surface area (Å²) in [4.78, 5) is 11.2. The Kier molecular flexibility index (Phi) is 7.12. The molecular formula is C30H27N7O4S. The number of nitrogens with zero attached hydrogens (tertiary/aromatic N) is 5. The predicted molar refractivity (Wildman–Crippen MR) is 160 cm³/mol. The van der Waals surface area contributed by atoms with Crippen molar-refractivity contribution >= 4 is 38.4 Å². The van der Waals surface area contributed by atoms with Gasteiger partial charge in [0.2, 0.25) is 11.8 Å². The molecule has 1 saturated heterocycles. The van der Waals surface area contributed by atoms with Crippen LogP contribution in [0.5, 0.6) is 5.88 Å². The summed E-state index contributed by atoms with van der Waals surface area (Å²) < 4.78 is 41.5. The number of pyridine rings is 1. The Morgan fingerprint density at radius 1 is 0.976 bits per heavy atom. The van der Waals surface area contributed by atoms with E-state index in [0.29, 0.717) is 30.3 Å². The van der Waals surface area contributed by atoms with Crippen LogP contribution in [0.1, 0.15) is 5.56 Å². The van der Waals surface area contributed by atoms with Gasteiger partial charge in [0.05, 0.1) is 47.9 Å². The molecule has 212 valence electrons. The average molecular weight is 582 g/mol. The fraction of sp³-hybridized carbons (Fsp3) is 0.167. The molecule has 3 aromatic carbocycles. The van der Waals surface area contributed by atoms with Crippen molar-refractivity contribution in [1.29, 1.82) is 5.26 Å². The standard InChI is InChI=1S/C30H27N7O4S/c1-40-29-27(35-42(38,39)25-9-2-20(18-31)3-10-25)16-22(19-33-29)21-4-11-26-28(17-21)37(30(32)34-26)24-7-5-23(6-8-24)36-12-14-41-15-13-36/h2-11,16-17,19,35H,12-15H2,1H3,(H2,32,34). The second-order valence-corrected chi connectivity index (χ2v) is 11.3. The van der Waals surface area contributed by atoms with Crippen LogP contribution in [-0.4, -0.2) is 56.4 Å². The van der Waals surface area contributed by atoms with Crippen LogP contribution in [0.15, 0.2) is 83.9 Å². The lowest BCUT2D eigenvalue weighted by Crippen LogP contribution is -2.36. The normalized spacial score (nSPS) is 13.6. The third-order valence-corrected chi connectivity index (χ3v) is 8.46. The van der Waals surface area contributed by atoms with Crippen LogP contribution in [0, 0.1) is 11.3 Å². The summed E-state index contributed by atoms with van der Waals surface area (Å²) in [7, 11) is -2.56. The maximum Gasteiger partial charge on any atom is 0.262 e. The van der Waals surface area contributed by atoms with Gasteiger partial charge in [-0.1, -0.05) is 6.07 Å². The lowest BCUT2D eigenvalue weighted by Gasteiger charge is -2.29. The minimum atomic E-state index is -3.98. The number of ether oxygens (including phenoxy) is 2. The lowest BCUT2D eigenvalue weighted by molar-refractivity contribution is 0.122. The summed E-state index contributed by atoms with van der Waals surface area (Å²) in [6.45, 7) is 3.12. The molecule has 3 heterocycles. The van der Waals surface area contributed by atoms with E-state index < -0.39 is 10.0 Å². The largest absolute Gasteiger partial charge is 0.480 e. The van der Waals surface area contributed by atoms with E-state index in [-0.39, 0.29) is 16.5 Å². The van der Waals surface area contributed by atoms with Crippen molar-refractivity contribution in [1.82, 2.24) is 14.5 Å². The Balaban J connectivity index is 1.34. The molecule has 0 unspecified atom stereocenters. The summed E-state index contributed by atoms with van der Waals surface area (Å²) in [6.07, 6.45) is 1.61. The molecule has 1 aliphatic rings. The Morgan fingerprint density at radius 2 is 1.69 bits per heavy atom. The zero-order chi connectivity index (χ0) is 29.3. The fourth-order valence-electron chi connectivity index (χ4n) is 4.94. The zero-order valence-corrected chi connectivity index (χ0v) is 23.5. The zero-order valence-electron chi connectivity index (χ0n) is 22.7. The molecule has 11 nitrogen and oxygen atoms in total. The second-order valence-electron chi connectivity index (χ2n) is 9.65. The van der Waals surface area contributed by atoms with Crippen molar-refractivity contribution in [3.05, 3.63) is 84.6 Å². The predicted octanol–water partition coefficient (Wildman–Crippen LogP) is 4.19. The van der Waals surface area contributed by atoms with E-state index in [1.165, 1.54) is 31.4 Å². The smallest absolute Gasteiger partial charge is 0.262 e. The Bertz CT molecular complexity index is 1910. The molecule has 12 heteroatoms. The van der Waals surface area contributed by atoms with Crippen LogP contribution in [0.3, 0.4) is 0 Å². The summed E-state index contributed by atoms with van der Waals surface area (Å²) in [5.41, 5.74) is 11.8. The number of nitrogens with two attached hydrogens (primary N) is 1. The molecule has 5 aromatic rings. The molecule has 0 amide bonds. The van der Waals surface area contributed by atoms with Gasteiger partial charge in [0.1, 0.15) is 5.69 Å². The number of benzene rings is 3. The summed E-state index contributed by atoms with van der Waals surface area (Å²) in [5, 5.41) is 9.03. The quantitative estimate of drug-likeness (QED) is 0.289. The average Bonchev–Trinajstić information content (AvgIpc) is 3.36. The number of imidazole rings is 1. The van der Waals surface area contributed by atoms with Crippen LogP contribution in [-0.2, 0) is 14.8 Å². The van der Waals surface area contributed by atoms with Gasteiger partial charge in [-0.05, 0) is 72.3 Å². The number of rotatable bonds is 7. The number of sulfonamides is 1. The highest BCUT2D eigenvalue weighted by Crippen LogP contribution is 2.33. The van der Waals surface area contributed by atoms with Gasteiger partial charge in [-0.2, -0.15) is 5.26 Å². The van der Waals surface area contributed by atoms with Crippen LogP contribution in [0.25, 0.3) is 27.8 Å². The molecule has 2 aromatic heterocycles. The molecule has 0 bridgehead atoms. The van der Waals surface area contributed by atoms with Gasteiger partial charge in [-0.25, -0.2) is 18.4 Å². The van der Waals surface area contributed by atoms with Gasteiger partial charge < -0.3 is 20.1 Å². The molecule has 0 radical (unpaired) electrons. The van der Waals surface area contributed by atoms with Crippen molar-refractivity contribution in [2.45, 2.75) is 4.90 Å². The first-order valence-corrected chi connectivity index (χ1v) is 14.6. The fourth-order valence-corrected chi connectivity index (χ4v) is 5.99. The van der Waals surface area contributed by atoms with Gasteiger partial charge in [0, 0.05) is 36.2 Å². The monoisotopic (exact) mass is 581 g/mol. The summed E-state index contributed by atoms with van der Waals surface area (Å²) >= 11 is 0. The van der Waals surface area contributed by atoms with Crippen molar-refractivity contribution < 1.29 is 17.9 Å². The highest BCUT2D eigenvalue weighted by atomic mass is 32.2. The van der Waals surface area contributed by atoms with E-state index >= 15 is 0 Å². The second kappa shape index (κ2) is 11.0. The first kappa shape index (κ1) is 27.1. The van der Waals surface area contributed by atoms with Gasteiger partial charge in [0.25, 0.3) is 10.0 Å². The van der Waals surface area contributed by atoms with Crippen molar-refractivity contribution in [2.24, 2.45) is 0 Å². The maximum atomic E-state index is 13.1. The Labute approximate surface area is 242 Å². The van der Waals surface area contributed by atoms with Gasteiger partial charge in [0.15, 0.2) is 0 Å². The molecular weight excluding hydrogens is 554 g/mol. The Morgan fingerprint density at radius 3 is 2.38 bits per heavy atom. The molecule has 1 fully saturated rings. The van der Waals surface area contributed by atoms with Crippen LogP contribution in [0.2, 0.25) is 0 Å². The number of methoxy groups -OCH3 is 1. The minimum Gasteiger partial charge on any atom is -0.480 e. The van der Waals surface area contributed by atoms with E-state index in [2.05, 4.69) is 31.7 Å². The molecule has 1 aliphatic heterocycles. The SMILES string of the molecule is COc1ncc(-c2ccc3nc(N)n(-c4ccc(N5CCOCC5)cc4)c3c2)cc1NS(=O)(=O)c1ccc(C#N)cc1. The molecule has 42 heavy (non-hydrogen) atoms. The van der Waals surface area contributed by atoms with E-state index in [9.17, 15) is 8.42 Å². The number of morpholine rings is 1. The van der Waals surface area contributed by atoms with E-state index in [0.717, 1.165) is 41.1 Å². The van der Waals surface area contributed by atoms with Gasteiger partial charge in [-0.3, -0.25) is 9.29 Å². The molecule has 0 saturated carbocycles. The van der Waals surface area contributed by atoms with Crippen LogP contribution >= 0.6 is 0 Å². The first-order valence-electron chi connectivity index (χ1n) is 13.1. The van der Waals surface area contributed by atoms with Crippen LogP contribution < -0.4 is 20.1 Å². The molecule has 0 atom stereocenters. The topological polar surface area (TPSA) is 148 Å². The number of nitriles is 1. The maximum absolute atomic E-state index is 13.1. The van der Waals surface area contributed by atoms with E-state index in [1.54, 1.807) is 12.3 Å². The highest BCUT2D eigenvalue weighted by molar-refractivity contribution is 7.92. The third kappa shape index (κ3) is 5.18. The number of fused-ring (bicyclic) bond motifs is 1. The molecule has 0 aliphatic carbocycles. The van der Waals surface area contributed by atoms with Gasteiger partial charge in [-0.15, -0.1) is 0 Å². The number of aromatic nitrogens is 3. The minimum absolute atomic E-state index is 0.00870. The van der Waals surface area contributed by atoms with E-state index in [4.69, 9.17) is 20.5 Å². The van der Waals surface area contributed by atoms with Crippen LogP contribution in [0.4, 0.5) is 17.3 Å². The number of anilines is 3. The van der Waals surface area contributed by atoms with Crippen molar-refractivity contribution in [2.75, 3.05) is 48.8 Å². The van der Waals surface area contributed by atoms with Crippen molar-refractivity contribution in [3.63, 3.8) is 0 Å². The summed E-state index contributed by atoms with van der Waals surface area (Å²) in [6, 6.07) is 23.1. The van der Waals surface area contributed by atoms with Crippen molar-refractivity contribution in [3.8, 4) is 28.8 Å². The highest BCUT2D eigenvalue weighted by Gasteiger charge is 2.19. The van der Waals surface area contributed by atoms with Gasteiger partial charge >= 0.3 is 0 Å². The first-order chi connectivity index (χ1) is 20.4. The number of nitrogen functional groups attached to an aromatic ring is 1. The lowest BCUT2D eigenvalue weighted by atomic mass is 10.1. The molecule has 3 N–H and O–H groups in total. The Hall–Kier alpha value is -5.12. The third-order valence-electron chi connectivity index (χ3n) is 7.08. The van der Waals surface area contributed by atoms with E-state index in [1.807, 2.05) is 41.0 Å².